The average Bonchev–Trinajstić information content (AvgIpc) is 3.91. The molecule has 3 nitrogen and oxygen atoms in total. The first-order valence-electron chi connectivity index (χ1n) is 23.9. The summed E-state index contributed by atoms with van der Waals surface area (Å²) in [7, 11) is 0. The third-order valence-electron chi connectivity index (χ3n) is 15.2. The van der Waals surface area contributed by atoms with Crippen LogP contribution in [0.4, 0.5) is 28.4 Å². The van der Waals surface area contributed by atoms with E-state index < -0.39 is 0 Å². The topological polar surface area (TPSA) is 11.4 Å². The highest BCUT2D eigenvalue weighted by Crippen LogP contribution is 2.55. The SMILES string of the molecule is CC1(C)c2cc(C3=CCC4C(=C3)c3ccccc3N4c3ccccc3)ccc2N(c2ccc3c(ccc4ccccc43)c2)c2ccc(-c3ccc4c(c3)c3ccccc3n4-c3ccccc3)cc21. The molecular formula is C65H47N3. The van der Waals surface area contributed by atoms with Crippen LogP contribution in [-0.4, -0.2) is 10.6 Å². The zero-order valence-corrected chi connectivity index (χ0v) is 38.1. The van der Waals surface area contributed by atoms with Gasteiger partial charge in [-0.3, -0.25) is 0 Å². The van der Waals surface area contributed by atoms with E-state index in [1.165, 1.54) is 116 Å². The zero-order chi connectivity index (χ0) is 45.1. The summed E-state index contributed by atoms with van der Waals surface area (Å²) in [6.45, 7) is 4.85. The lowest BCUT2D eigenvalue weighted by molar-refractivity contribution is 0.632. The summed E-state index contributed by atoms with van der Waals surface area (Å²) >= 11 is 0. The minimum absolute atomic E-state index is 0.257. The zero-order valence-electron chi connectivity index (χ0n) is 38.1. The highest BCUT2D eigenvalue weighted by Gasteiger charge is 2.39. The molecule has 0 spiro atoms. The Hall–Kier alpha value is -8.40. The van der Waals surface area contributed by atoms with Crippen LogP contribution in [0.1, 0.15) is 42.5 Å². The standard InChI is InChI=1S/C65H47N3/c1-65(2)57-40-45(43-27-33-61-55(38-43)53-21-11-13-23-59(53)66(61)48-16-5-3-6-17-48)29-35-63(57)68(50-31-32-52-47(37-50)26-25-42-15-9-10-20-51(42)52)64-36-30-46(41-58(64)65)44-28-34-62-56(39-44)54-22-12-14-24-60(54)67(62)49-18-7-4-8-19-49/h3-33,35-41,62H,34H2,1-2H3. The molecule has 1 unspecified atom stereocenters. The fraction of sp³-hybridized carbons (Fsp3) is 0.0769. The summed E-state index contributed by atoms with van der Waals surface area (Å²) in [6, 6.07) is 81.3. The summed E-state index contributed by atoms with van der Waals surface area (Å²) in [5, 5.41) is 7.57. The first-order chi connectivity index (χ1) is 33.5. The van der Waals surface area contributed by atoms with Crippen LogP contribution < -0.4 is 9.80 Å². The van der Waals surface area contributed by atoms with Gasteiger partial charge < -0.3 is 14.4 Å². The Labute approximate surface area is 396 Å². The number of allylic oxidation sites excluding steroid dienone is 2. The minimum atomic E-state index is -0.317. The number of anilines is 5. The van der Waals surface area contributed by atoms with Crippen molar-refractivity contribution in [3.63, 3.8) is 0 Å². The van der Waals surface area contributed by atoms with Gasteiger partial charge in [-0.05, 0) is 158 Å². The minimum Gasteiger partial charge on any atom is -0.333 e. The lowest BCUT2D eigenvalue weighted by Gasteiger charge is -2.42. The molecule has 3 aliphatic rings. The van der Waals surface area contributed by atoms with Crippen LogP contribution in [-0.2, 0) is 5.41 Å². The van der Waals surface area contributed by atoms with E-state index in [2.05, 4.69) is 259 Å². The van der Waals surface area contributed by atoms with E-state index >= 15 is 0 Å². The van der Waals surface area contributed by atoms with E-state index in [-0.39, 0.29) is 11.5 Å². The van der Waals surface area contributed by atoms with Crippen molar-refractivity contribution in [1.82, 2.24) is 4.57 Å². The Balaban J connectivity index is 0.922. The average molecular weight is 870 g/mol. The molecule has 1 aromatic heterocycles. The smallest absolute Gasteiger partial charge is 0.0633 e. The van der Waals surface area contributed by atoms with Crippen LogP contribution in [0.25, 0.3) is 71.3 Å². The Bertz CT molecular complexity index is 3930. The van der Waals surface area contributed by atoms with Crippen LogP contribution in [0, 0.1) is 0 Å². The second-order valence-corrected chi connectivity index (χ2v) is 19.3. The normalized spacial score (nSPS) is 15.8. The first-order valence-corrected chi connectivity index (χ1v) is 23.9. The van der Waals surface area contributed by atoms with Crippen LogP contribution in [0.3, 0.4) is 0 Å². The predicted octanol–water partition coefficient (Wildman–Crippen LogP) is 17.3. The summed E-state index contributed by atoms with van der Waals surface area (Å²) in [4.78, 5) is 5.05. The Morgan fingerprint density at radius 1 is 0.426 bits per heavy atom. The number of hydrogen-bond acceptors (Lipinski definition) is 2. The molecule has 14 rings (SSSR count). The van der Waals surface area contributed by atoms with Gasteiger partial charge in [0.1, 0.15) is 0 Å². The van der Waals surface area contributed by atoms with Gasteiger partial charge in [-0.25, -0.2) is 0 Å². The molecule has 3 heterocycles. The molecule has 2 aliphatic heterocycles. The van der Waals surface area contributed by atoms with Gasteiger partial charge in [0.25, 0.3) is 0 Å². The summed E-state index contributed by atoms with van der Waals surface area (Å²) in [5.41, 5.74) is 19.7. The van der Waals surface area contributed by atoms with Gasteiger partial charge in [-0.2, -0.15) is 0 Å². The van der Waals surface area contributed by atoms with E-state index in [4.69, 9.17) is 0 Å². The number of aromatic nitrogens is 1. The van der Waals surface area contributed by atoms with Crippen LogP contribution in [0.15, 0.2) is 231 Å². The number of rotatable bonds is 5. The third-order valence-corrected chi connectivity index (χ3v) is 15.2. The van der Waals surface area contributed by atoms with Crippen molar-refractivity contribution in [3.05, 3.63) is 253 Å². The molecule has 68 heavy (non-hydrogen) atoms. The van der Waals surface area contributed by atoms with E-state index in [1.54, 1.807) is 0 Å². The first kappa shape index (κ1) is 38.8. The van der Waals surface area contributed by atoms with E-state index in [9.17, 15) is 0 Å². The van der Waals surface area contributed by atoms with Crippen LogP contribution in [0.2, 0.25) is 0 Å². The molecule has 0 saturated heterocycles. The molecule has 0 N–H and O–H groups in total. The monoisotopic (exact) mass is 869 g/mol. The molecule has 11 aromatic rings. The number of para-hydroxylation sites is 4. The van der Waals surface area contributed by atoms with Crippen molar-refractivity contribution in [2.45, 2.75) is 31.7 Å². The lowest BCUT2D eigenvalue weighted by atomic mass is 9.72. The van der Waals surface area contributed by atoms with Crippen molar-refractivity contribution in [2.75, 3.05) is 9.80 Å². The number of benzene rings is 10. The molecule has 0 fully saturated rings. The van der Waals surface area contributed by atoms with Gasteiger partial charge >= 0.3 is 0 Å². The van der Waals surface area contributed by atoms with Crippen LogP contribution in [0.5, 0.6) is 0 Å². The van der Waals surface area contributed by atoms with Gasteiger partial charge in [-0.15, -0.1) is 0 Å². The Morgan fingerprint density at radius 3 is 1.87 bits per heavy atom. The van der Waals surface area contributed by atoms with E-state index in [0.29, 0.717) is 0 Å². The van der Waals surface area contributed by atoms with Gasteiger partial charge in [0.05, 0.1) is 28.5 Å². The molecule has 10 aromatic carbocycles. The fourth-order valence-electron chi connectivity index (χ4n) is 11.9. The highest BCUT2D eigenvalue weighted by atomic mass is 15.2. The molecular weight excluding hydrogens is 823 g/mol. The van der Waals surface area contributed by atoms with Gasteiger partial charge in [0, 0.05) is 44.5 Å². The summed E-state index contributed by atoms with van der Waals surface area (Å²) in [6.07, 6.45) is 5.87. The van der Waals surface area contributed by atoms with Gasteiger partial charge in [0.15, 0.2) is 0 Å². The molecule has 0 radical (unpaired) electrons. The van der Waals surface area contributed by atoms with Crippen molar-refractivity contribution < 1.29 is 0 Å². The number of hydrogen-bond donors (Lipinski definition) is 0. The maximum absolute atomic E-state index is 2.53. The van der Waals surface area contributed by atoms with E-state index in [1.807, 2.05) is 0 Å². The molecule has 3 heteroatoms. The second kappa shape index (κ2) is 14.8. The maximum atomic E-state index is 2.53. The quantitative estimate of drug-likeness (QED) is 0.160. The van der Waals surface area contributed by atoms with Crippen molar-refractivity contribution in [2.24, 2.45) is 0 Å². The second-order valence-electron chi connectivity index (χ2n) is 19.3. The van der Waals surface area contributed by atoms with E-state index in [0.717, 1.165) is 12.1 Å². The van der Waals surface area contributed by atoms with Crippen LogP contribution >= 0.6 is 0 Å². The number of nitrogens with zero attached hydrogens (tertiary/aromatic N) is 3. The molecule has 1 aliphatic carbocycles. The fourth-order valence-corrected chi connectivity index (χ4v) is 11.9. The highest BCUT2D eigenvalue weighted by molar-refractivity contribution is 6.11. The summed E-state index contributed by atoms with van der Waals surface area (Å²) in [5.74, 6) is 0. The summed E-state index contributed by atoms with van der Waals surface area (Å²) < 4.78 is 2.39. The molecule has 322 valence electrons. The Kier molecular flexibility index (Phi) is 8.45. The molecule has 0 bridgehead atoms. The third kappa shape index (κ3) is 5.78. The molecule has 0 saturated carbocycles. The van der Waals surface area contributed by atoms with Crippen molar-refractivity contribution in [3.8, 4) is 16.8 Å². The Morgan fingerprint density at radius 2 is 1.04 bits per heavy atom. The van der Waals surface area contributed by atoms with Gasteiger partial charge in [0.2, 0.25) is 0 Å². The predicted molar refractivity (Wildman–Crippen MR) is 287 cm³/mol. The van der Waals surface area contributed by atoms with Gasteiger partial charge in [-0.1, -0.05) is 153 Å². The molecule has 0 amide bonds. The molecule has 1 atom stereocenters. The van der Waals surface area contributed by atoms with Crippen molar-refractivity contribution in [1.29, 1.82) is 0 Å². The largest absolute Gasteiger partial charge is 0.333 e. The maximum Gasteiger partial charge on any atom is 0.0633 e. The number of fused-ring (bicyclic) bond motifs is 11. The lowest BCUT2D eigenvalue weighted by Crippen LogP contribution is -2.31. The van der Waals surface area contributed by atoms with Crippen molar-refractivity contribution >= 4 is 82.9 Å².